The Labute approximate surface area is 154 Å². The number of nitrogens with one attached hydrogen (secondary N) is 2. The molecule has 0 aliphatic heterocycles. The maximum atomic E-state index is 6.15. The van der Waals surface area contributed by atoms with E-state index in [0.29, 0.717) is 0 Å². The van der Waals surface area contributed by atoms with Crippen LogP contribution in [0, 0.1) is 6.92 Å². The van der Waals surface area contributed by atoms with E-state index in [-0.39, 0.29) is 5.41 Å². The summed E-state index contributed by atoms with van der Waals surface area (Å²) in [7, 11) is 0. The van der Waals surface area contributed by atoms with Gasteiger partial charge in [0, 0.05) is 29.7 Å². The molecule has 2 aromatic rings. The van der Waals surface area contributed by atoms with Gasteiger partial charge in [-0.1, -0.05) is 23.7 Å². The number of aryl methyl sites for hydroxylation is 1. The van der Waals surface area contributed by atoms with Crippen LogP contribution in [-0.4, -0.2) is 35.4 Å². The van der Waals surface area contributed by atoms with Crippen molar-refractivity contribution < 1.29 is 0 Å². The minimum atomic E-state index is 0.159. The molecule has 1 aromatic carbocycles. The first-order valence-electron chi connectivity index (χ1n) is 8.89. The quantitative estimate of drug-likeness (QED) is 0.590. The first-order chi connectivity index (χ1) is 12.1. The molecule has 0 unspecified atom stereocenters. The van der Waals surface area contributed by atoms with E-state index in [1.165, 1.54) is 24.0 Å². The molecule has 0 amide bonds. The Morgan fingerprint density at radius 2 is 2.20 bits per heavy atom. The van der Waals surface area contributed by atoms with Gasteiger partial charge in [-0.15, -0.1) is 0 Å². The lowest BCUT2D eigenvalue weighted by molar-refractivity contribution is 0.596. The fourth-order valence-corrected chi connectivity index (χ4v) is 3.15. The van der Waals surface area contributed by atoms with Crippen molar-refractivity contribution in [2.24, 2.45) is 4.99 Å². The fourth-order valence-electron chi connectivity index (χ4n) is 2.96. The zero-order valence-corrected chi connectivity index (χ0v) is 15.7. The summed E-state index contributed by atoms with van der Waals surface area (Å²) in [5.41, 5.74) is 2.64. The Morgan fingerprint density at radius 1 is 1.36 bits per heavy atom. The standard InChI is InChI=1S/C19H26ClN5/c1-3-21-18(22-9-10-25-13-15(2)12-24-25)23-14-19(7-8-19)16-5-4-6-17(20)11-16/h4-6,11-13H,3,7-10,14H2,1-2H3,(H2,21,22,23). The predicted octanol–water partition coefficient (Wildman–Crippen LogP) is 3.13. The molecule has 1 aliphatic rings. The molecule has 5 nitrogen and oxygen atoms in total. The molecular weight excluding hydrogens is 334 g/mol. The summed E-state index contributed by atoms with van der Waals surface area (Å²) in [6.45, 7) is 7.36. The van der Waals surface area contributed by atoms with E-state index < -0.39 is 0 Å². The highest BCUT2D eigenvalue weighted by atomic mass is 35.5. The van der Waals surface area contributed by atoms with Crippen LogP contribution in [0.3, 0.4) is 0 Å². The molecule has 0 atom stereocenters. The third-order valence-electron chi connectivity index (χ3n) is 4.57. The first kappa shape index (κ1) is 17.8. The summed E-state index contributed by atoms with van der Waals surface area (Å²) in [5.74, 6) is 0.861. The summed E-state index contributed by atoms with van der Waals surface area (Å²) >= 11 is 6.15. The highest BCUT2D eigenvalue weighted by molar-refractivity contribution is 6.30. The Hall–Kier alpha value is -2.01. The maximum Gasteiger partial charge on any atom is 0.191 e. The van der Waals surface area contributed by atoms with Gasteiger partial charge in [-0.3, -0.25) is 9.67 Å². The van der Waals surface area contributed by atoms with Crippen LogP contribution in [0.4, 0.5) is 0 Å². The van der Waals surface area contributed by atoms with Crippen LogP contribution in [-0.2, 0) is 12.0 Å². The number of halogens is 1. The van der Waals surface area contributed by atoms with Crippen molar-refractivity contribution in [3.05, 3.63) is 52.8 Å². The Morgan fingerprint density at radius 3 is 2.84 bits per heavy atom. The Bertz CT molecular complexity index is 733. The van der Waals surface area contributed by atoms with Gasteiger partial charge in [0.25, 0.3) is 0 Å². The number of aliphatic imine (C=N–C) groups is 1. The van der Waals surface area contributed by atoms with Gasteiger partial charge < -0.3 is 10.6 Å². The number of hydrogen-bond donors (Lipinski definition) is 2. The van der Waals surface area contributed by atoms with E-state index in [0.717, 1.165) is 37.2 Å². The third-order valence-corrected chi connectivity index (χ3v) is 4.81. The van der Waals surface area contributed by atoms with Crippen molar-refractivity contribution >= 4 is 17.6 Å². The summed E-state index contributed by atoms with van der Waals surface area (Å²) in [4.78, 5) is 4.81. The smallest absolute Gasteiger partial charge is 0.191 e. The van der Waals surface area contributed by atoms with Crippen molar-refractivity contribution in [3.63, 3.8) is 0 Å². The average Bonchev–Trinajstić information content (AvgIpc) is 3.28. The number of nitrogens with zero attached hydrogens (tertiary/aromatic N) is 3. The van der Waals surface area contributed by atoms with E-state index in [4.69, 9.17) is 16.6 Å². The van der Waals surface area contributed by atoms with E-state index in [1.54, 1.807) is 0 Å². The molecular formula is C19H26ClN5. The lowest BCUT2D eigenvalue weighted by Crippen LogP contribution is -2.39. The minimum absolute atomic E-state index is 0.159. The topological polar surface area (TPSA) is 54.2 Å². The van der Waals surface area contributed by atoms with Crippen molar-refractivity contribution in [3.8, 4) is 0 Å². The van der Waals surface area contributed by atoms with Gasteiger partial charge in [0.05, 0.1) is 19.3 Å². The minimum Gasteiger partial charge on any atom is -0.357 e. The zero-order chi connectivity index (χ0) is 17.7. The van der Waals surface area contributed by atoms with Crippen LogP contribution in [0.2, 0.25) is 5.02 Å². The summed E-state index contributed by atoms with van der Waals surface area (Å²) < 4.78 is 1.94. The molecule has 1 saturated carbocycles. The van der Waals surface area contributed by atoms with Gasteiger partial charge in [-0.25, -0.2) is 0 Å². The highest BCUT2D eigenvalue weighted by Crippen LogP contribution is 2.48. The summed E-state index contributed by atoms with van der Waals surface area (Å²) in [5, 5.41) is 11.8. The SMILES string of the molecule is CCNC(=NCC1(c2cccc(Cl)c2)CC1)NCCn1cc(C)cn1. The predicted molar refractivity (Wildman–Crippen MR) is 103 cm³/mol. The molecule has 0 spiro atoms. The van der Waals surface area contributed by atoms with Crippen molar-refractivity contribution in [1.82, 2.24) is 20.4 Å². The lowest BCUT2D eigenvalue weighted by Gasteiger charge is -2.16. The molecule has 6 heteroatoms. The molecule has 0 saturated heterocycles. The molecule has 1 fully saturated rings. The van der Waals surface area contributed by atoms with Gasteiger partial charge in [0.2, 0.25) is 0 Å². The van der Waals surface area contributed by atoms with E-state index in [1.807, 2.05) is 36.1 Å². The average molecular weight is 360 g/mol. The Balaban J connectivity index is 1.58. The molecule has 25 heavy (non-hydrogen) atoms. The van der Waals surface area contributed by atoms with Gasteiger partial charge in [0.15, 0.2) is 5.96 Å². The second kappa shape index (κ2) is 7.91. The van der Waals surface area contributed by atoms with Crippen LogP contribution >= 0.6 is 11.6 Å². The van der Waals surface area contributed by atoms with Gasteiger partial charge in [-0.05, 0) is 49.9 Å². The normalized spacial score (nSPS) is 15.9. The van der Waals surface area contributed by atoms with Crippen LogP contribution in [0.15, 0.2) is 41.7 Å². The molecule has 2 N–H and O–H groups in total. The van der Waals surface area contributed by atoms with E-state index >= 15 is 0 Å². The number of guanidine groups is 1. The molecule has 3 rings (SSSR count). The van der Waals surface area contributed by atoms with E-state index in [9.17, 15) is 0 Å². The molecule has 1 aliphatic carbocycles. The fraction of sp³-hybridized carbons (Fsp3) is 0.474. The number of benzene rings is 1. The molecule has 1 aromatic heterocycles. The van der Waals surface area contributed by atoms with Crippen molar-refractivity contribution in [2.45, 2.75) is 38.6 Å². The Kier molecular flexibility index (Phi) is 5.63. The summed E-state index contributed by atoms with van der Waals surface area (Å²) in [6, 6.07) is 8.18. The largest absolute Gasteiger partial charge is 0.357 e. The van der Waals surface area contributed by atoms with Crippen molar-refractivity contribution in [1.29, 1.82) is 0 Å². The van der Waals surface area contributed by atoms with Gasteiger partial charge in [0.1, 0.15) is 0 Å². The molecule has 0 radical (unpaired) electrons. The van der Waals surface area contributed by atoms with Crippen LogP contribution in [0.25, 0.3) is 0 Å². The van der Waals surface area contributed by atoms with Crippen LogP contribution in [0.1, 0.15) is 30.9 Å². The first-order valence-corrected chi connectivity index (χ1v) is 9.26. The van der Waals surface area contributed by atoms with E-state index in [2.05, 4.69) is 34.8 Å². The zero-order valence-electron chi connectivity index (χ0n) is 14.9. The molecule has 1 heterocycles. The number of hydrogen-bond acceptors (Lipinski definition) is 2. The second-order valence-corrected chi connectivity index (χ2v) is 7.13. The summed E-state index contributed by atoms with van der Waals surface area (Å²) in [6.07, 6.45) is 6.26. The van der Waals surface area contributed by atoms with Crippen LogP contribution < -0.4 is 10.6 Å². The molecule has 134 valence electrons. The lowest BCUT2D eigenvalue weighted by atomic mass is 9.96. The third kappa shape index (κ3) is 4.75. The van der Waals surface area contributed by atoms with Crippen molar-refractivity contribution in [2.75, 3.05) is 19.6 Å². The highest BCUT2D eigenvalue weighted by Gasteiger charge is 2.44. The van der Waals surface area contributed by atoms with Crippen LogP contribution in [0.5, 0.6) is 0 Å². The maximum absolute atomic E-state index is 6.15. The number of aromatic nitrogens is 2. The monoisotopic (exact) mass is 359 g/mol. The van der Waals surface area contributed by atoms with Gasteiger partial charge >= 0.3 is 0 Å². The second-order valence-electron chi connectivity index (χ2n) is 6.69. The number of rotatable bonds is 7. The molecule has 0 bridgehead atoms. The van der Waals surface area contributed by atoms with Gasteiger partial charge in [-0.2, -0.15) is 5.10 Å².